The number of carbonyl (C=O) groups excluding carboxylic acids is 1. The van der Waals surface area contributed by atoms with Crippen molar-refractivity contribution >= 4 is 23.2 Å². The second-order valence-corrected chi connectivity index (χ2v) is 6.77. The van der Waals surface area contributed by atoms with E-state index in [0.29, 0.717) is 11.5 Å². The van der Waals surface area contributed by atoms with Gasteiger partial charge in [-0.2, -0.15) is 0 Å². The van der Waals surface area contributed by atoms with Gasteiger partial charge >= 0.3 is 0 Å². The number of H-pyrrole nitrogens is 1. The lowest BCUT2D eigenvalue weighted by Gasteiger charge is -2.10. The van der Waals surface area contributed by atoms with Crippen LogP contribution in [-0.2, 0) is 11.2 Å². The van der Waals surface area contributed by atoms with Gasteiger partial charge in [0.15, 0.2) is 0 Å². The highest BCUT2D eigenvalue weighted by atomic mass is 16.5. The maximum Gasteiger partial charge on any atom is 0.256 e. The zero-order chi connectivity index (χ0) is 17.3. The number of aromatic amines is 1. The Morgan fingerprint density at radius 1 is 1.25 bits per heavy atom. The van der Waals surface area contributed by atoms with Crippen molar-refractivity contribution in [3.05, 3.63) is 41.5 Å². The van der Waals surface area contributed by atoms with Crippen molar-refractivity contribution in [2.24, 2.45) is 5.92 Å². The number of rotatable bonds is 5. The summed E-state index contributed by atoms with van der Waals surface area (Å²) in [4.78, 5) is 19.9. The van der Waals surface area contributed by atoms with Crippen molar-refractivity contribution < 1.29 is 9.53 Å². The standard InChI is InChI=1S/C19H23N3O2/c1-11(2)7-18-20-10-13(21-18)8-16-15-9-14(24-12(3)4)5-6-17(15)22-19(16)23/h5-6,8-12H,7H2,1-4H3,(H,20,21)(H,22,23)/b16-8-. The predicted octanol–water partition coefficient (Wildman–Crippen LogP) is 3.89. The first-order chi connectivity index (χ1) is 11.4. The Kier molecular flexibility index (Phi) is 4.42. The highest BCUT2D eigenvalue weighted by Gasteiger charge is 2.25. The molecule has 1 aromatic carbocycles. The van der Waals surface area contributed by atoms with E-state index in [1.165, 1.54) is 0 Å². The van der Waals surface area contributed by atoms with Crippen molar-refractivity contribution in [2.45, 2.75) is 40.2 Å². The van der Waals surface area contributed by atoms with Crippen LogP contribution in [0.3, 0.4) is 0 Å². The van der Waals surface area contributed by atoms with Gasteiger partial charge in [0.05, 0.1) is 23.6 Å². The average molecular weight is 325 g/mol. The molecule has 0 saturated carbocycles. The summed E-state index contributed by atoms with van der Waals surface area (Å²) in [5.74, 6) is 2.12. The van der Waals surface area contributed by atoms with E-state index in [1.807, 2.05) is 38.1 Å². The van der Waals surface area contributed by atoms with E-state index >= 15 is 0 Å². The van der Waals surface area contributed by atoms with Gasteiger partial charge in [-0.3, -0.25) is 4.79 Å². The van der Waals surface area contributed by atoms with E-state index in [1.54, 1.807) is 6.20 Å². The van der Waals surface area contributed by atoms with Crippen LogP contribution < -0.4 is 10.1 Å². The molecule has 2 aromatic rings. The maximum atomic E-state index is 12.3. The molecular weight excluding hydrogens is 302 g/mol. The fourth-order valence-electron chi connectivity index (χ4n) is 2.75. The van der Waals surface area contributed by atoms with Crippen molar-refractivity contribution in [1.82, 2.24) is 9.97 Å². The van der Waals surface area contributed by atoms with E-state index in [9.17, 15) is 4.79 Å². The number of carbonyl (C=O) groups is 1. The molecule has 1 aliphatic heterocycles. The second kappa shape index (κ2) is 6.51. The molecule has 0 atom stereocenters. The molecule has 126 valence electrons. The van der Waals surface area contributed by atoms with E-state index in [4.69, 9.17) is 4.74 Å². The number of fused-ring (bicyclic) bond motifs is 1. The lowest BCUT2D eigenvalue weighted by Crippen LogP contribution is -2.05. The minimum absolute atomic E-state index is 0.0896. The first-order valence-electron chi connectivity index (χ1n) is 8.30. The Hall–Kier alpha value is -2.56. The summed E-state index contributed by atoms with van der Waals surface area (Å²) in [6, 6.07) is 5.66. The van der Waals surface area contributed by atoms with Crippen LogP contribution >= 0.6 is 0 Å². The Labute approximate surface area is 142 Å². The summed E-state index contributed by atoms with van der Waals surface area (Å²) < 4.78 is 5.73. The van der Waals surface area contributed by atoms with E-state index in [0.717, 1.165) is 34.9 Å². The molecule has 24 heavy (non-hydrogen) atoms. The molecule has 2 heterocycles. The molecule has 3 rings (SSSR count). The van der Waals surface area contributed by atoms with Crippen LogP contribution in [-0.4, -0.2) is 22.0 Å². The number of hydrogen-bond acceptors (Lipinski definition) is 3. The molecule has 0 bridgehead atoms. The second-order valence-electron chi connectivity index (χ2n) is 6.77. The zero-order valence-corrected chi connectivity index (χ0v) is 14.5. The number of anilines is 1. The molecule has 1 aliphatic rings. The molecule has 1 aromatic heterocycles. The van der Waals surface area contributed by atoms with Gasteiger partial charge in [0, 0.05) is 17.7 Å². The lowest BCUT2D eigenvalue weighted by molar-refractivity contribution is -0.110. The summed E-state index contributed by atoms with van der Waals surface area (Å²) >= 11 is 0. The van der Waals surface area contributed by atoms with Gasteiger partial charge in [0.25, 0.3) is 5.91 Å². The first-order valence-corrected chi connectivity index (χ1v) is 8.30. The van der Waals surface area contributed by atoms with Gasteiger partial charge in [-0.25, -0.2) is 4.98 Å². The van der Waals surface area contributed by atoms with Gasteiger partial charge in [-0.05, 0) is 44.0 Å². The number of amides is 1. The summed E-state index contributed by atoms with van der Waals surface area (Å²) in [7, 11) is 0. The van der Waals surface area contributed by atoms with Crippen LogP contribution in [0, 0.1) is 5.92 Å². The quantitative estimate of drug-likeness (QED) is 0.820. The van der Waals surface area contributed by atoms with Crippen LogP contribution in [0.1, 0.15) is 44.8 Å². The van der Waals surface area contributed by atoms with Gasteiger partial charge in [-0.1, -0.05) is 13.8 Å². The highest BCUT2D eigenvalue weighted by Crippen LogP contribution is 2.35. The van der Waals surface area contributed by atoms with Crippen LogP contribution in [0.15, 0.2) is 24.4 Å². The zero-order valence-electron chi connectivity index (χ0n) is 14.5. The molecule has 5 nitrogen and oxygen atoms in total. The molecule has 0 unspecified atom stereocenters. The summed E-state index contributed by atoms with van der Waals surface area (Å²) in [6.45, 7) is 8.26. The number of benzene rings is 1. The molecule has 0 radical (unpaired) electrons. The molecule has 0 fully saturated rings. The number of ether oxygens (including phenoxy) is 1. The highest BCUT2D eigenvalue weighted by molar-refractivity contribution is 6.34. The fourth-order valence-corrected chi connectivity index (χ4v) is 2.75. The van der Waals surface area contributed by atoms with Gasteiger partial charge in [-0.15, -0.1) is 0 Å². The third kappa shape index (κ3) is 3.50. The minimum Gasteiger partial charge on any atom is -0.491 e. The van der Waals surface area contributed by atoms with Gasteiger partial charge < -0.3 is 15.0 Å². The molecule has 0 spiro atoms. The van der Waals surface area contributed by atoms with Gasteiger partial charge in [0.1, 0.15) is 11.6 Å². The molecule has 0 saturated heterocycles. The smallest absolute Gasteiger partial charge is 0.256 e. The molecular formula is C19H23N3O2. The topological polar surface area (TPSA) is 67.0 Å². The van der Waals surface area contributed by atoms with E-state index < -0.39 is 0 Å². The molecule has 1 amide bonds. The largest absolute Gasteiger partial charge is 0.491 e. The number of hydrogen-bond donors (Lipinski definition) is 2. The Morgan fingerprint density at radius 3 is 2.75 bits per heavy atom. The molecule has 0 aliphatic carbocycles. The predicted molar refractivity (Wildman–Crippen MR) is 95.8 cm³/mol. The number of nitrogens with one attached hydrogen (secondary N) is 2. The third-order valence-corrected chi connectivity index (χ3v) is 3.70. The summed E-state index contributed by atoms with van der Waals surface area (Å²) in [5, 5.41) is 2.89. The minimum atomic E-state index is -0.105. The SMILES string of the molecule is CC(C)Cc1ncc(/C=C2\C(=O)Nc3ccc(OC(C)C)cc32)[nH]1. The maximum absolute atomic E-state index is 12.3. The van der Waals surface area contributed by atoms with Gasteiger partial charge in [0.2, 0.25) is 0 Å². The number of imidazole rings is 1. The fraction of sp³-hybridized carbons (Fsp3) is 0.368. The van der Waals surface area contributed by atoms with Crippen molar-refractivity contribution in [3.8, 4) is 5.75 Å². The van der Waals surface area contributed by atoms with Crippen molar-refractivity contribution in [1.29, 1.82) is 0 Å². The Balaban J connectivity index is 1.91. The Bertz CT molecular complexity index is 788. The summed E-state index contributed by atoms with van der Waals surface area (Å²) in [5.41, 5.74) is 3.13. The van der Waals surface area contributed by atoms with Crippen LogP contribution in [0.25, 0.3) is 11.6 Å². The third-order valence-electron chi connectivity index (χ3n) is 3.70. The number of nitrogens with zero attached hydrogens (tertiary/aromatic N) is 1. The van der Waals surface area contributed by atoms with Crippen molar-refractivity contribution in [2.75, 3.05) is 5.32 Å². The van der Waals surface area contributed by atoms with E-state index in [-0.39, 0.29) is 12.0 Å². The van der Waals surface area contributed by atoms with Crippen LogP contribution in [0.5, 0.6) is 5.75 Å². The average Bonchev–Trinajstić information content (AvgIpc) is 3.04. The first kappa shape index (κ1) is 16.3. The monoisotopic (exact) mass is 325 g/mol. The summed E-state index contributed by atoms with van der Waals surface area (Å²) in [6.07, 6.45) is 4.59. The molecule has 2 N–H and O–H groups in total. The van der Waals surface area contributed by atoms with Crippen molar-refractivity contribution in [3.63, 3.8) is 0 Å². The Morgan fingerprint density at radius 2 is 2.04 bits per heavy atom. The van der Waals surface area contributed by atoms with E-state index in [2.05, 4.69) is 29.1 Å². The normalized spacial score (nSPS) is 15.2. The van der Waals surface area contributed by atoms with Crippen LogP contribution in [0.2, 0.25) is 0 Å². The lowest BCUT2D eigenvalue weighted by atomic mass is 10.1. The number of aromatic nitrogens is 2. The molecule has 5 heteroatoms. The van der Waals surface area contributed by atoms with Crippen LogP contribution in [0.4, 0.5) is 5.69 Å².